The number of carboxylic acid groups (broad SMARTS) is 4. The number of hydrogen-bond donors (Lipinski definition) is 6. The zero-order valence-electron chi connectivity index (χ0n) is 8.18. The van der Waals surface area contributed by atoms with E-state index in [2.05, 4.69) is 0 Å². The number of hydrogen-bond acceptors (Lipinski definition) is 6. The first-order valence-electron chi connectivity index (χ1n) is 3.85. The topological polar surface area (TPSA) is 190 Å². The maximum atomic E-state index is 9.77. The average molecular weight is 254 g/mol. The number of aliphatic hydroxyl groups excluding tert-OH is 2. The second-order valence-corrected chi connectivity index (χ2v) is 2.53. The van der Waals surface area contributed by atoms with Gasteiger partial charge < -0.3 is 30.6 Å². The van der Waals surface area contributed by atoms with Crippen molar-refractivity contribution in [3.63, 3.8) is 0 Å². The van der Waals surface area contributed by atoms with Crippen LogP contribution in [0.5, 0.6) is 0 Å². The predicted molar refractivity (Wildman–Crippen MR) is 47.2 cm³/mol. The van der Waals surface area contributed by atoms with Gasteiger partial charge in [0.15, 0.2) is 12.2 Å². The van der Waals surface area contributed by atoms with Gasteiger partial charge in [0.25, 0.3) is 0 Å². The Labute approximate surface area is 93.3 Å². The first-order valence-corrected chi connectivity index (χ1v) is 3.85. The maximum Gasteiger partial charge on any atom is 0.335 e. The summed E-state index contributed by atoms with van der Waals surface area (Å²) < 4.78 is 0. The molecule has 2 atom stereocenters. The molecule has 0 aromatic carbocycles. The number of aliphatic hydroxyl groups is 2. The second kappa shape index (κ2) is 8.01. The Morgan fingerprint density at radius 2 is 0.941 bits per heavy atom. The third-order valence-electron chi connectivity index (χ3n) is 1.11. The van der Waals surface area contributed by atoms with Crippen LogP contribution in [0.1, 0.15) is 6.42 Å². The van der Waals surface area contributed by atoms with Gasteiger partial charge in [-0.05, 0) is 0 Å². The highest BCUT2D eigenvalue weighted by Gasteiger charge is 2.29. The molecule has 0 rings (SSSR count). The summed E-state index contributed by atoms with van der Waals surface area (Å²) in [5, 5.41) is 47.9. The highest BCUT2D eigenvalue weighted by Crippen LogP contribution is 1.92. The lowest BCUT2D eigenvalue weighted by Gasteiger charge is -2.07. The van der Waals surface area contributed by atoms with Crippen molar-refractivity contribution in [2.75, 3.05) is 0 Å². The number of rotatable bonds is 5. The van der Waals surface area contributed by atoms with Gasteiger partial charge in [0, 0.05) is 0 Å². The Morgan fingerprint density at radius 1 is 0.706 bits per heavy atom. The van der Waals surface area contributed by atoms with E-state index < -0.39 is 42.5 Å². The fourth-order valence-electron chi connectivity index (χ4n) is 0.399. The lowest BCUT2D eigenvalue weighted by atomic mass is 10.2. The van der Waals surface area contributed by atoms with Crippen molar-refractivity contribution in [3.8, 4) is 0 Å². The molecule has 0 radical (unpaired) electrons. The average Bonchev–Trinajstić information content (AvgIpc) is 2.13. The van der Waals surface area contributed by atoms with Crippen LogP contribution in [0.2, 0.25) is 0 Å². The molecule has 0 aliphatic heterocycles. The van der Waals surface area contributed by atoms with Crippen LogP contribution in [-0.2, 0) is 19.2 Å². The minimum Gasteiger partial charge on any atom is -0.481 e. The van der Waals surface area contributed by atoms with E-state index in [0.29, 0.717) is 0 Å². The summed E-state index contributed by atoms with van der Waals surface area (Å²) in [5.41, 5.74) is 0. The van der Waals surface area contributed by atoms with Gasteiger partial charge in [-0.25, -0.2) is 9.59 Å². The molecule has 0 bridgehead atoms. The summed E-state index contributed by atoms with van der Waals surface area (Å²) in [4.78, 5) is 38.4. The van der Waals surface area contributed by atoms with Gasteiger partial charge in [-0.15, -0.1) is 0 Å². The van der Waals surface area contributed by atoms with Gasteiger partial charge in [0.05, 0.1) is 0 Å². The molecule has 0 heterocycles. The zero-order chi connectivity index (χ0) is 14.2. The normalized spacial score (nSPS) is 12.6. The Hall–Kier alpha value is -2.20. The van der Waals surface area contributed by atoms with Crippen molar-refractivity contribution >= 4 is 23.9 Å². The van der Waals surface area contributed by atoms with Gasteiger partial charge in [0.1, 0.15) is 6.42 Å². The van der Waals surface area contributed by atoms with Crippen LogP contribution in [-0.4, -0.2) is 66.7 Å². The largest absolute Gasteiger partial charge is 0.481 e. The first kappa shape index (κ1) is 17.2. The molecule has 10 heteroatoms. The number of carbonyl (C=O) groups is 4. The number of carboxylic acids is 4. The second-order valence-electron chi connectivity index (χ2n) is 2.53. The van der Waals surface area contributed by atoms with Crippen LogP contribution in [0, 0.1) is 0 Å². The zero-order valence-corrected chi connectivity index (χ0v) is 8.18. The SMILES string of the molecule is O=C(O)C(O)C(O)C(=O)O.O=C(O)CC(=O)O. The molecule has 0 aliphatic carbocycles. The Morgan fingerprint density at radius 3 is 1.00 bits per heavy atom. The van der Waals surface area contributed by atoms with Crippen LogP contribution >= 0.6 is 0 Å². The molecular weight excluding hydrogens is 244 g/mol. The number of aliphatic carboxylic acids is 4. The van der Waals surface area contributed by atoms with E-state index in [4.69, 9.17) is 30.6 Å². The van der Waals surface area contributed by atoms with Gasteiger partial charge >= 0.3 is 23.9 Å². The van der Waals surface area contributed by atoms with E-state index in [1.165, 1.54) is 0 Å². The highest BCUT2D eigenvalue weighted by atomic mass is 16.4. The molecule has 2 unspecified atom stereocenters. The van der Waals surface area contributed by atoms with Crippen molar-refractivity contribution in [2.45, 2.75) is 18.6 Å². The summed E-state index contributed by atoms with van der Waals surface area (Å²) in [7, 11) is 0. The summed E-state index contributed by atoms with van der Waals surface area (Å²) in [5.74, 6) is -6.16. The first-order chi connectivity index (χ1) is 7.59. The van der Waals surface area contributed by atoms with E-state index in [1.807, 2.05) is 0 Å². The Bertz CT molecular complexity index is 278. The van der Waals surface area contributed by atoms with E-state index in [1.54, 1.807) is 0 Å². The molecule has 0 spiro atoms. The molecule has 0 saturated carbocycles. The standard InChI is InChI=1S/C4H6O6.C3H4O4/c5-1(3(7)8)2(6)4(9)10;4-2(5)1-3(6)7/h1-2,5-6H,(H,7,8)(H,9,10);1H2,(H,4,5)(H,6,7). The molecule has 17 heavy (non-hydrogen) atoms. The quantitative estimate of drug-likeness (QED) is 0.284. The van der Waals surface area contributed by atoms with E-state index >= 15 is 0 Å². The van der Waals surface area contributed by atoms with Crippen molar-refractivity contribution in [1.82, 2.24) is 0 Å². The van der Waals surface area contributed by atoms with Crippen LogP contribution in [0.25, 0.3) is 0 Å². The summed E-state index contributed by atoms with van der Waals surface area (Å²) in [6, 6.07) is 0. The Balaban J connectivity index is 0. The molecule has 0 aromatic rings. The lowest BCUT2D eigenvalue weighted by molar-refractivity contribution is -0.165. The molecule has 10 nitrogen and oxygen atoms in total. The van der Waals surface area contributed by atoms with E-state index in [0.717, 1.165) is 0 Å². The molecular formula is C7H10O10. The van der Waals surface area contributed by atoms with Crippen LogP contribution in [0.15, 0.2) is 0 Å². The van der Waals surface area contributed by atoms with Gasteiger partial charge in [-0.3, -0.25) is 9.59 Å². The molecule has 0 aliphatic rings. The van der Waals surface area contributed by atoms with Crippen molar-refractivity contribution < 1.29 is 49.8 Å². The monoisotopic (exact) mass is 254 g/mol. The summed E-state index contributed by atoms with van der Waals surface area (Å²) in [6.45, 7) is 0. The lowest BCUT2D eigenvalue weighted by Crippen LogP contribution is -2.39. The Kier molecular flexibility index (Phi) is 8.11. The third-order valence-corrected chi connectivity index (χ3v) is 1.11. The predicted octanol–water partition coefficient (Wildman–Crippen LogP) is -2.58. The molecule has 0 amide bonds. The minimum absolute atomic E-state index is 0.806. The van der Waals surface area contributed by atoms with Crippen molar-refractivity contribution in [1.29, 1.82) is 0 Å². The van der Waals surface area contributed by atoms with Crippen LogP contribution < -0.4 is 0 Å². The van der Waals surface area contributed by atoms with Crippen LogP contribution in [0.3, 0.4) is 0 Å². The maximum absolute atomic E-state index is 9.77. The van der Waals surface area contributed by atoms with Gasteiger partial charge in [0.2, 0.25) is 0 Å². The smallest absolute Gasteiger partial charge is 0.335 e. The summed E-state index contributed by atoms with van der Waals surface area (Å²) in [6.07, 6.45) is -5.34. The molecule has 0 saturated heterocycles. The fraction of sp³-hybridized carbons (Fsp3) is 0.429. The molecule has 0 fully saturated rings. The third kappa shape index (κ3) is 10.1. The molecule has 6 N–H and O–H groups in total. The van der Waals surface area contributed by atoms with Crippen molar-refractivity contribution in [3.05, 3.63) is 0 Å². The van der Waals surface area contributed by atoms with Crippen LogP contribution in [0.4, 0.5) is 0 Å². The highest BCUT2D eigenvalue weighted by molar-refractivity contribution is 5.88. The van der Waals surface area contributed by atoms with E-state index in [-0.39, 0.29) is 0 Å². The van der Waals surface area contributed by atoms with Gasteiger partial charge in [-0.1, -0.05) is 0 Å². The molecule has 0 aromatic heterocycles. The van der Waals surface area contributed by atoms with Gasteiger partial charge in [-0.2, -0.15) is 0 Å². The van der Waals surface area contributed by atoms with Crippen molar-refractivity contribution in [2.24, 2.45) is 0 Å². The molecule has 98 valence electrons. The van der Waals surface area contributed by atoms with E-state index in [9.17, 15) is 19.2 Å². The fourth-order valence-corrected chi connectivity index (χ4v) is 0.399. The minimum atomic E-state index is -2.27. The summed E-state index contributed by atoms with van der Waals surface area (Å²) >= 11 is 0.